The van der Waals surface area contributed by atoms with Crippen molar-refractivity contribution < 1.29 is 4.79 Å². The molecule has 2 rings (SSSR count). The number of hydrogen-bond donors (Lipinski definition) is 1. The molecular formula is C16H27N3OS. The van der Waals surface area contributed by atoms with Crippen LogP contribution in [0.25, 0.3) is 0 Å². The van der Waals surface area contributed by atoms with Gasteiger partial charge in [-0.1, -0.05) is 19.8 Å². The van der Waals surface area contributed by atoms with Crippen molar-refractivity contribution in [2.24, 2.45) is 0 Å². The van der Waals surface area contributed by atoms with Crippen LogP contribution >= 0.6 is 11.3 Å². The molecule has 1 aromatic heterocycles. The number of carbonyl (C=O) groups is 1. The topological polar surface area (TPSA) is 35.6 Å². The molecule has 0 radical (unpaired) electrons. The molecule has 1 fully saturated rings. The van der Waals surface area contributed by atoms with Gasteiger partial charge in [-0.05, 0) is 49.8 Å². The maximum Gasteiger partial charge on any atom is 0.241 e. The number of thiophene rings is 1. The minimum atomic E-state index is -0.0239. The third-order valence-corrected chi connectivity index (χ3v) is 5.00. The van der Waals surface area contributed by atoms with E-state index >= 15 is 0 Å². The van der Waals surface area contributed by atoms with Gasteiger partial charge in [0, 0.05) is 12.6 Å². The Labute approximate surface area is 132 Å². The van der Waals surface area contributed by atoms with Crippen molar-refractivity contribution in [2.75, 3.05) is 20.6 Å². The van der Waals surface area contributed by atoms with Crippen molar-refractivity contribution in [3.05, 3.63) is 22.4 Å². The van der Waals surface area contributed by atoms with Gasteiger partial charge in [-0.25, -0.2) is 0 Å². The lowest BCUT2D eigenvalue weighted by Gasteiger charge is -2.29. The molecule has 1 aromatic rings. The second kappa shape index (κ2) is 7.38. The highest BCUT2D eigenvalue weighted by molar-refractivity contribution is 7.07. The molecule has 1 saturated heterocycles. The van der Waals surface area contributed by atoms with E-state index in [2.05, 4.69) is 55.0 Å². The molecule has 1 aliphatic rings. The van der Waals surface area contributed by atoms with Crippen molar-refractivity contribution in [3.63, 3.8) is 0 Å². The standard InChI is InChI=1S/C16H27N3OS/c1-5-6-7-14-16(20)19(10-12(2)18(3)4)15(17-14)13-8-9-21-11-13/h8-9,11-12,14-15,17H,5-7,10H2,1-4H3. The molecule has 118 valence electrons. The molecule has 0 aromatic carbocycles. The molecule has 0 saturated carbocycles. The number of rotatable bonds is 7. The third kappa shape index (κ3) is 3.84. The van der Waals surface area contributed by atoms with Crippen LogP contribution in [-0.2, 0) is 4.79 Å². The highest BCUT2D eigenvalue weighted by atomic mass is 32.1. The first kappa shape index (κ1) is 16.5. The first-order valence-electron chi connectivity index (χ1n) is 7.79. The summed E-state index contributed by atoms with van der Waals surface area (Å²) in [7, 11) is 4.12. The van der Waals surface area contributed by atoms with Crippen LogP contribution < -0.4 is 5.32 Å². The van der Waals surface area contributed by atoms with Gasteiger partial charge in [-0.15, -0.1) is 0 Å². The number of unbranched alkanes of at least 4 members (excludes halogenated alkanes) is 1. The monoisotopic (exact) mass is 309 g/mol. The van der Waals surface area contributed by atoms with Gasteiger partial charge in [-0.2, -0.15) is 11.3 Å². The van der Waals surface area contributed by atoms with Gasteiger partial charge in [0.25, 0.3) is 0 Å². The first-order valence-corrected chi connectivity index (χ1v) is 8.74. The van der Waals surface area contributed by atoms with Crippen LogP contribution in [0.5, 0.6) is 0 Å². The van der Waals surface area contributed by atoms with E-state index in [0.29, 0.717) is 6.04 Å². The number of hydrogen-bond acceptors (Lipinski definition) is 4. The summed E-state index contributed by atoms with van der Waals surface area (Å²) in [6.07, 6.45) is 3.19. The highest BCUT2D eigenvalue weighted by Gasteiger charge is 2.39. The predicted octanol–water partition coefficient (Wildman–Crippen LogP) is 2.69. The lowest BCUT2D eigenvalue weighted by atomic mass is 10.1. The minimum Gasteiger partial charge on any atom is -0.320 e. The third-order valence-electron chi connectivity index (χ3n) is 4.30. The summed E-state index contributed by atoms with van der Waals surface area (Å²) in [6.45, 7) is 5.10. The van der Waals surface area contributed by atoms with Gasteiger partial charge in [0.05, 0.1) is 6.04 Å². The van der Waals surface area contributed by atoms with E-state index in [1.54, 1.807) is 11.3 Å². The van der Waals surface area contributed by atoms with Crippen LogP contribution in [0, 0.1) is 0 Å². The highest BCUT2D eigenvalue weighted by Crippen LogP contribution is 2.29. The molecule has 3 unspecified atom stereocenters. The summed E-state index contributed by atoms with van der Waals surface area (Å²) in [4.78, 5) is 16.9. The average Bonchev–Trinajstić information content (AvgIpc) is 3.07. The Bertz CT molecular complexity index is 446. The van der Waals surface area contributed by atoms with Gasteiger partial charge in [0.1, 0.15) is 6.17 Å². The molecule has 4 nitrogen and oxygen atoms in total. The zero-order valence-corrected chi connectivity index (χ0v) is 14.3. The SMILES string of the molecule is CCCCC1NC(c2ccsc2)N(CC(C)N(C)C)C1=O. The van der Waals surface area contributed by atoms with Gasteiger partial charge in [0.2, 0.25) is 5.91 Å². The summed E-state index contributed by atoms with van der Waals surface area (Å²) in [5.41, 5.74) is 1.21. The lowest BCUT2D eigenvalue weighted by molar-refractivity contribution is -0.130. The molecule has 1 aliphatic heterocycles. The fourth-order valence-corrected chi connectivity index (χ4v) is 3.32. The molecule has 0 aliphatic carbocycles. The second-order valence-corrected chi connectivity index (χ2v) is 6.90. The normalized spacial score (nSPS) is 24.0. The summed E-state index contributed by atoms with van der Waals surface area (Å²) in [5, 5.41) is 7.75. The molecule has 0 bridgehead atoms. The largest absolute Gasteiger partial charge is 0.320 e. The molecule has 1 amide bonds. The molecule has 21 heavy (non-hydrogen) atoms. The second-order valence-electron chi connectivity index (χ2n) is 6.12. The van der Waals surface area contributed by atoms with E-state index in [1.807, 2.05) is 4.90 Å². The summed E-state index contributed by atoms with van der Waals surface area (Å²) in [6, 6.07) is 2.44. The van der Waals surface area contributed by atoms with Crippen LogP contribution in [0.3, 0.4) is 0 Å². The number of nitrogens with one attached hydrogen (secondary N) is 1. The van der Waals surface area contributed by atoms with Crippen LogP contribution in [0.15, 0.2) is 16.8 Å². The Balaban J connectivity index is 2.13. The van der Waals surface area contributed by atoms with Gasteiger partial charge >= 0.3 is 0 Å². The Kier molecular flexibility index (Phi) is 5.79. The van der Waals surface area contributed by atoms with E-state index in [-0.39, 0.29) is 18.1 Å². The number of carbonyl (C=O) groups excluding carboxylic acids is 1. The van der Waals surface area contributed by atoms with E-state index in [0.717, 1.165) is 25.8 Å². The maximum atomic E-state index is 12.7. The summed E-state index contributed by atoms with van der Waals surface area (Å²) < 4.78 is 0. The zero-order valence-electron chi connectivity index (χ0n) is 13.5. The average molecular weight is 309 g/mol. The van der Waals surface area contributed by atoms with Crippen molar-refractivity contribution in [1.82, 2.24) is 15.1 Å². The summed E-state index contributed by atoms with van der Waals surface area (Å²) in [5.74, 6) is 0.258. The Morgan fingerprint density at radius 2 is 2.24 bits per heavy atom. The number of nitrogens with zero attached hydrogens (tertiary/aromatic N) is 2. The molecule has 0 spiro atoms. The Morgan fingerprint density at radius 3 is 2.81 bits per heavy atom. The van der Waals surface area contributed by atoms with E-state index in [4.69, 9.17) is 0 Å². The van der Waals surface area contributed by atoms with Crippen LogP contribution in [-0.4, -0.2) is 48.4 Å². The van der Waals surface area contributed by atoms with Gasteiger partial charge < -0.3 is 9.80 Å². The van der Waals surface area contributed by atoms with Gasteiger partial charge in [-0.3, -0.25) is 10.1 Å². The maximum absolute atomic E-state index is 12.7. The van der Waals surface area contributed by atoms with Crippen molar-refractivity contribution in [2.45, 2.75) is 51.4 Å². The van der Waals surface area contributed by atoms with Crippen molar-refractivity contribution in [3.8, 4) is 0 Å². The van der Waals surface area contributed by atoms with Crippen LogP contribution in [0.4, 0.5) is 0 Å². The Hall–Kier alpha value is -0.910. The predicted molar refractivity (Wildman–Crippen MR) is 88.4 cm³/mol. The van der Waals surface area contributed by atoms with E-state index in [1.165, 1.54) is 5.56 Å². The fraction of sp³-hybridized carbons (Fsp3) is 0.688. The Morgan fingerprint density at radius 1 is 1.48 bits per heavy atom. The zero-order chi connectivity index (χ0) is 15.4. The summed E-state index contributed by atoms with van der Waals surface area (Å²) >= 11 is 1.69. The first-order chi connectivity index (χ1) is 10.0. The molecule has 2 heterocycles. The van der Waals surface area contributed by atoms with Crippen molar-refractivity contribution >= 4 is 17.2 Å². The lowest BCUT2D eigenvalue weighted by Crippen LogP contribution is -2.41. The van der Waals surface area contributed by atoms with Crippen LogP contribution in [0.2, 0.25) is 0 Å². The molecule has 5 heteroatoms. The fourth-order valence-electron chi connectivity index (χ4n) is 2.64. The van der Waals surface area contributed by atoms with Crippen LogP contribution in [0.1, 0.15) is 44.8 Å². The number of amides is 1. The van der Waals surface area contributed by atoms with Crippen molar-refractivity contribution in [1.29, 1.82) is 0 Å². The number of likely N-dealkylation sites (N-methyl/N-ethyl adjacent to an activating group) is 1. The smallest absolute Gasteiger partial charge is 0.241 e. The minimum absolute atomic E-state index is 0.0239. The van der Waals surface area contributed by atoms with E-state index < -0.39 is 0 Å². The molecule has 1 N–H and O–H groups in total. The van der Waals surface area contributed by atoms with Gasteiger partial charge in [0.15, 0.2) is 0 Å². The quantitative estimate of drug-likeness (QED) is 0.841. The van der Waals surface area contributed by atoms with E-state index in [9.17, 15) is 4.79 Å². The molecule has 3 atom stereocenters. The molecular weight excluding hydrogens is 282 g/mol.